The molecule has 16 heavy (non-hydrogen) atoms. The van der Waals surface area contributed by atoms with E-state index in [2.05, 4.69) is 9.97 Å². The van der Waals surface area contributed by atoms with Gasteiger partial charge in [0.15, 0.2) is 0 Å². The summed E-state index contributed by atoms with van der Waals surface area (Å²) in [6.07, 6.45) is 0.659. The number of ether oxygens (including phenoxy) is 1. The zero-order chi connectivity index (χ0) is 12.3. The Morgan fingerprint density at radius 1 is 1.50 bits per heavy atom. The van der Waals surface area contributed by atoms with E-state index in [4.69, 9.17) is 4.74 Å². The molecule has 1 rings (SSSR count). The van der Waals surface area contributed by atoms with Crippen LogP contribution in [0.2, 0.25) is 0 Å². The average Bonchev–Trinajstić information content (AvgIpc) is 2.25. The molecule has 5 nitrogen and oxygen atoms in total. The molecule has 0 saturated heterocycles. The van der Waals surface area contributed by atoms with E-state index in [0.29, 0.717) is 18.9 Å². The van der Waals surface area contributed by atoms with Gasteiger partial charge in [0.05, 0.1) is 5.56 Å². The summed E-state index contributed by atoms with van der Waals surface area (Å²) in [6.45, 7) is 7.69. The topological polar surface area (TPSA) is 75.2 Å². The first kappa shape index (κ1) is 12.7. The van der Waals surface area contributed by atoms with Crippen LogP contribution in [-0.2, 0) is 10.3 Å². The summed E-state index contributed by atoms with van der Waals surface area (Å²) in [6, 6.07) is 0. The number of hydrogen-bond donors (Lipinski definition) is 2. The number of rotatable bonds is 4. The third kappa shape index (κ3) is 2.24. The van der Waals surface area contributed by atoms with Gasteiger partial charge in [-0.2, -0.15) is 4.98 Å². The molecule has 0 saturated carbocycles. The molecule has 0 fully saturated rings. The fourth-order valence-electron chi connectivity index (χ4n) is 1.43. The van der Waals surface area contributed by atoms with Crippen molar-refractivity contribution in [2.24, 2.45) is 0 Å². The molecule has 90 valence electrons. The average molecular weight is 226 g/mol. The first-order chi connectivity index (χ1) is 7.44. The van der Waals surface area contributed by atoms with E-state index in [1.165, 1.54) is 6.92 Å². The summed E-state index contributed by atoms with van der Waals surface area (Å²) in [5, 5.41) is 9.52. The molecule has 2 N–H and O–H groups in total. The van der Waals surface area contributed by atoms with Crippen molar-refractivity contribution in [3.05, 3.63) is 21.7 Å². The van der Waals surface area contributed by atoms with Gasteiger partial charge >= 0.3 is 0 Å². The number of H-pyrrole nitrogens is 1. The number of hydrogen-bond acceptors (Lipinski definition) is 4. The highest BCUT2D eigenvalue weighted by Crippen LogP contribution is 2.26. The largest absolute Gasteiger partial charge is 0.493 e. The maximum absolute atomic E-state index is 11.5. The molecular formula is C11H18N2O3. The standard InChI is InChI=1S/C11H18N2O3/c1-5-11(4,16-6-2)10-12-8(14)7(3)9(15)13-10/h5-6H2,1-4H3,(H2,12,13,14,15). The van der Waals surface area contributed by atoms with Crippen LogP contribution in [0.25, 0.3) is 0 Å². The summed E-state index contributed by atoms with van der Waals surface area (Å²) in [5.74, 6) is 0.128. The van der Waals surface area contributed by atoms with Crippen LogP contribution in [0.1, 0.15) is 38.6 Å². The van der Waals surface area contributed by atoms with Crippen molar-refractivity contribution < 1.29 is 9.84 Å². The lowest BCUT2D eigenvalue weighted by Crippen LogP contribution is -2.31. The minimum absolute atomic E-state index is 0.221. The normalized spacial score (nSPS) is 14.8. The Balaban J connectivity index is 3.27. The Morgan fingerprint density at radius 3 is 2.56 bits per heavy atom. The Kier molecular flexibility index (Phi) is 3.70. The molecule has 1 aromatic rings. The first-order valence-corrected chi connectivity index (χ1v) is 5.39. The summed E-state index contributed by atoms with van der Waals surface area (Å²) < 4.78 is 5.57. The summed E-state index contributed by atoms with van der Waals surface area (Å²) >= 11 is 0. The van der Waals surface area contributed by atoms with Gasteiger partial charge < -0.3 is 14.8 Å². The smallest absolute Gasteiger partial charge is 0.257 e. The Bertz CT molecular complexity index is 428. The van der Waals surface area contributed by atoms with Crippen molar-refractivity contribution in [2.45, 2.75) is 39.7 Å². The zero-order valence-electron chi connectivity index (χ0n) is 10.1. The predicted molar refractivity (Wildman–Crippen MR) is 60.5 cm³/mol. The molecular weight excluding hydrogens is 208 g/mol. The van der Waals surface area contributed by atoms with Gasteiger partial charge in [0.25, 0.3) is 5.56 Å². The molecule has 0 aliphatic rings. The van der Waals surface area contributed by atoms with Crippen LogP contribution >= 0.6 is 0 Å². The number of aromatic nitrogens is 2. The number of aromatic hydroxyl groups is 1. The fourth-order valence-corrected chi connectivity index (χ4v) is 1.43. The van der Waals surface area contributed by atoms with E-state index in [-0.39, 0.29) is 17.0 Å². The van der Waals surface area contributed by atoms with Crippen molar-refractivity contribution in [1.82, 2.24) is 9.97 Å². The summed E-state index contributed by atoms with van der Waals surface area (Å²) in [5.41, 5.74) is -0.778. The molecule has 0 amide bonds. The van der Waals surface area contributed by atoms with E-state index >= 15 is 0 Å². The molecule has 1 unspecified atom stereocenters. The Hall–Kier alpha value is -1.36. The molecule has 0 bridgehead atoms. The first-order valence-electron chi connectivity index (χ1n) is 5.39. The molecule has 1 aromatic heterocycles. The number of nitrogens with zero attached hydrogens (tertiary/aromatic N) is 1. The molecule has 0 aromatic carbocycles. The van der Waals surface area contributed by atoms with Crippen LogP contribution < -0.4 is 5.56 Å². The van der Waals surface area contributed by atoms with Crippen molar-refractivity contribution in [2.75, 3.05) is 6.61 Å². The lowest BCUT2D eigenvalue weighted by molar-refractivity contribution is -0.0395. The van der Waals surface area contributed by atoms with Crippen LogP contribution in [0.3, 0.4) is 0 Å². The van der Waals surface area contributed by atoms with E-state index in [0.717, 1.165) is 0 Å². The third-order valence-electron chi connectivity index (χ3n) is 2.76. The van der Waals surface area contributed by atoms with Gasteiger partial charge in [0.2, 0.25) is 5.88 Å². The second kappa shape index (κ2) is 4.65. The molecule has 0 aliphatic heterocycles. The number of aromatic amines is 1. The van der Waals surface area contributed by atoms with E-state index < -0.39 is 5.60 Å². The van der Waals surface area contributed by atoms with Gasteiger partial charge in [-0.1, -0.05) is 6.92 Å². The minimum Gasteiger partial charge on any atom is -0.493 e. The highest BCUT2D eigenvalue weighted by Gasteiger charge is 2.28. The van der Waals surface area contributed by atoms with E-state index in [1.54, 1.807) is 0 Å². The molecule has 0 aliphatic carbocycles. The third-order valence-corrected chi connectivity index (χ3v) is 2.76. The predicted octanol–water partition coefficient (Wildman–Crippen LogP) is 1.45. The molecule has 0 spiro atoms. The van der Waals surface area contributed by atoms with Gasteiger partial charge in [-0.05, 0) is 27.2 Å². The highest BCUT2D eigenvalue weighted by molar-refractivity contribution is 5.21. The highest BCUT2D eigenvalue weighted by atomic mass is 16.5. The maximum Gasteiger partial charge on any atom is 0.257 e. The molecule has 5 heteroatoms. The van der Waals surface area contributed by atoms with Crippen LogP contribution in [-0.4, -0.2) is 21.7 Å². The Labute approximate surface area is 94.5 Å². The second-order valence-electron chi connectivity index (χ2n) is 3.88. The van der Waals surface area contributed by atoms with Crippen molar-refractivity contribution in [3.8, 4) is 5.88 Å². The maximum atomic E-state index is 11.5. The second-order valence-corrected chi connectivity index (χ2v) is 3.88. The molecule has 1 heterocycles. The molecule has 0 radical (unpaired) electrons. The monoisotopic (exact) mass is 226 g/mol. The quantitative estimate of drug-likeness (QED) is 0.814. The summed E-state index contributed by atoms with van der Waals surface area (Å²) in [4.78, 5) is 18.1. The fraction of sp³-hybridized carbons (Fsp3) is 0.636. The lowest BCUT2D eigenvalue weighted by Gasteiger charge is -2.26. The molecule has 1 atom stereocenters. The minimum atomic E-state index is -0.668. The van der Waals surface area contributed by atoms with Crippen LogP contribution in [0, 0.1) is 6.92 Å². The van der Waals surface area contributed by atoms with Crippen molar-refractivity contribution in [3.63, 3.8) is 0 Å². The van der Waals surface area contributed by atoms with E-state index in [9.17, 15) is 9.90 Å². The summed E-state index contributed by atoms with van der Waals surface area (Å²) in [7, 11) is 0. The Morgan fingerprint density at radius 2 is 2.12 bits per heavy atom. The van der Waals surface area contributed by atoms with E-state index in [1.807, 2.05) is 20.8 Å². The van der Waals surface area contributed by atoms with Gasteiger partial charge in [-0.15, -0.1) is 0 Å². The van der Waals surface area contributed by atoms with Gasteiger partial charge in [-0.25, -0.2) is 0 Å². The lowest BCUT2D eigenvalue weighted by atomic mass is 10.0. The van der Waals surface area contributed by atoms with Crippen molar-refractivity contribution in [1.29, 1.82) is 0 Å². The van der Waals surface area contributed by atoms with Gasteiger partial charge in [-0.3, -0.25) is 4.79 Å². The van der Waals surface area contributed by atoms with Crippen molar-refractivity contribution >= 4 is 0 Å². The number of nitrogens with one attached hydrogen (secondary N) is 1. The van der Waals surface area contributed by atoms with Crippen LogP contribution in [0.5, 0.6) is 5.88 Å². The van der Waals surface area contributed by atoms with Gasteiger partial charge in [0.1, 0.15) is 11.4 Å². The van der Waals surface area contributed by atoms with Crippen LogP contribution in [0.4, 0.5) is 0 Å². The van der Waals surface area contributed by atoms with Crippen LogP contribution in [0.15, 0.2) is 4.79 Å². The SMILES string of the molecule is CCOC(C)(CC)c1nc(O)c(C)c(=O)[nH]1. The van der Waals surface area contributed by atoms with Gasteiger partial charge in [0, 0.05) is 6.61 Å². The zero-order valence-corrected chi connectivity index (χ0v) is 10.1.